The van der Waals surface area contributed by atoms with E-state index in [1.807, 2.05) is 44.2 Å². The third kappa shape index (κ3) is 2.83. The molecular weight excluding hydrogens is 414 g/mol. The summed E-state index contributed by atoms with van der Waals surface area (Å²) in [5.74, 6) is -0.247. The number of thiophene rings is 1. The Labute approximate surface area is 161 Å². The number of nitrogens with one attached hydrogen (secondary N) is 1. The van der Waals surface area contributed by atoms with Crippen LogP contribution in [-0.4, -0.2) is 15.3 Å². The molecule has 0 atom stereocenters. The summed E-state index contributed by atoms with van der Waals surface area (Å²) < 4.78 is 2.47. The zero-order chi connectivity index (χ0) is 18.4. The zero-order valence-corrected chi connectivity index (χ0v) is 16.4. The van der Waals surface area contributed by atoms with E-state index in [-0.39, 0.29) is 11.5 Å². The van der Waals surface area contributed by atoms with Crippen LogP contribution >= 0.6 is 27.3 Å². The number of anilines is 1. The normalized spacial score (nSPS) is 11.2. The Hall–Kier alpha value is -2.51. The molecule has 0 aliphatic heterocycles. The molecule has 4 rings (SSSR count). The van der Waals surface area contributed by atoms with Crippen molar-refractivity contribution >= 4 is 54.7 Å². The first-order valence-corrected chi connectivity index (χ1v) is 9.54. The number of hydrogen-bond donors (Lipinski definition) is 1. The molecule has 0 saturated carbocycles. The van der Waals surface area contributed by atoms with Crippen LogP contribution in [0.2, 0.25) is 0 Å². The number of carbonyl (C=O) groups is 1. The minimum atomic E-state index is -0.247. The summed E-state index contributed by atoms with van der Waals surface area (Å²) in [5.41, 5.74) is 3.05. The van der Waals surface area contributed by atoms with Crippen molar-refractivity contribution in [1.29, 1.82) is 0 Å². The molecule has 26 heavy (non-hydrogen) atoms. The van der Waals surface area contributed by atoms with Crippen molar-refractivity contribution in [2.24, 2.45) is 0 Å². The van der Waals surface area contributed by atoms with Crippen LogP contribution in [0.5, 0.6) is 0 Å². The quantitative estimate of drug-likeness (QED) is 0.510. The number of halogens is 1. The number of aryl methyl sites for hydroxylation is 2. The van der Waals surface area contributed by atoms with E-state index in [1.165, 1.54) is 15.7 Å². The fourth-order valence-electron chi connectivity index (χ4n) is 2.82. The van der Waals surface area contributed by atoms with Gasteiger partial charge in [0.1, 0.15) is 10.5 Å². The number of carbonyl (C=O) groups excluding carboxylic acids is 1. The molecule has 0 aliphatic rings. The maximum absolute atomic E-state index is 12.7. The highest BCUT2D eigenvalue weighted by Crippen LogP contribution is 2.25. The molecule has 7 heteroatoms. The highest BCUT2D eigenvalue weighted by molar-refractivity contribution is 9.10. The van der Waals surface area contributed by atoms with Crippen LogP contribution in [0, 0.1) is 13.8 Å². The average molecular weight is 428 g/mol. The van der Waals surface area contributed by atoms with Crippen molar-refractivity contribution in [2.45, 2.75) is 13.8 Å². The topological polar surface area (TPSA) is 63.5 Å². The van der Waals surface area contributed by atoms with Gasteiger partial charge in [-0.1, -0.05) is 22.0 Å². The van der Waals surface area contributed by atoms with Crippen LogP contribution in [0.15, 0.2) is 51.9 Å². The van der Waals surface area contributed by atoms with Crippen LogP contribution in [0.1, 0.15) is 20.8 Å². The van der Waals surface area contributed by atoms with E-state index in [9.17, 15) is 9.59 Å². The molecule has 3 heterocycles. The number of nitrogens with zero attached hydrogens (tertiary/aromatic N) is 2. The molecule has 1 N–H and O–H groups in total. The van der Waals surface area contributed by atoms with E-state index in [4.69, 9.17) is 0 Å². The standard InChI is InChI=1S/C19H14BrN3O2S/c1-10-4-3-7-23-16(10)22-18-13(19(23)25)9-15(26-18)17(24)21-14-6-5-12(20)8-11(14)2/h3-9H,1-2H3,(H,21,24). The van der Waals surface area contributed by atoms with Gasteiger partial charge in [0, 0.05) is 16.4 Å². The second-order valence-corrected chi connectivity index (χ2v) is 7.99. The lowest BCUT2D eigenvalue weighted by Gasteiger charge is -2.07. The monoisotopic (exact) mass is 427 g/mol. The van der Waals surface area contributed by atoms with Gasteiger partial charge in [-0.05, 0) is 55.3 Å². The van der Waals surface area contributed by atoms with Crippen molar-refractivity contribution in [3.63, 3.8) is 0 Å². The number of rotatable bonds is 2. The van der Waals surface area contributed by atoms with E-state index < -0.39 is 0 Å². The molecule has 5 nitrogen and oxygen atoms in total. The summed E-state index contributed by atoms with van der Waals surface area (Å²) in [6.45, 7) is 3.83. The average Bonchev–Trinajstić information content (AvgIpc) is 3.03. The van der Waals surface area contributed by atoms with Crippen molar-refractivity contribution in [1.82, 2.24) is 9.38 Å². The molecule has 1 aromatic carbocycles. The molecule has 0 unspecified atom stereocenters. The predicted molar refractivity (Wildman–Crippen MR) is 108 cm³/mol. The number of aromatic nitrogens is 2. The van der Waals surface area contributed by atoms with Crippen molar-refractivity contribution in [3.05, 3.63) is 73.4 Å². The second kappa shape index (κ2) is 6.34. The number of pyridine rings is 1. The van der Waals surface area contributed by atoms with Crippen molar-refractivity contribution in [2.75, 3.05) is 5.32 Å². The molecule has 0 spiro atoms. The number of hydrogen-bond acceptors (Lipinski definition) is 4. The van der Waals surface area contributed by atoms with Crippen molar-refractivity contribution in [3.8, 4) is 0 Å². The Bertz CT molecular complexity index is 1240. The van der Waals surface area contributed by atoms with Crippen LogP contribution in [-0.2, 0) is 0 Å². The molecule has 4 aromatic rings. The van der Waals surface area contributed by atoms with Gasteiger partial charge in [0.15, 0.2) is 0 Å². The van der Waals surface area contributed by atoms with Gasteiger partial charge in [-0.25, -0.2) is 4.98 Å². The van der Waals surface area contributed by atoms with E-state index in [1.54, 1.807) is 12.3 Å². The Morgan fingerprint density at radius 2 is 2.00 bits per heavy atom. The Balaban J connectivity index is 1.78. The Morgan fingerprint density at radius 1 is 1.19 bits per heavy atom. The lowest BCUT2D eigenvalue weighted by Crippen LogP contribution is -2.14. The molecule has 0 radical (unpaired) electrons. The molecule has 3 aromatic heterocycles. The summed E-state index contributed by atoms with van der Waals surface area (Å²) in [7, 11) is 0. The first-order valence-electron chi connectivity index (χ1n) is 7.93. The van der Waals surface area contributed by atoms with E-state index >= 15 is 0 Å². The minimum absolute atomic E-state index is 0.163. The van der Waals surface area contributed by atoms with Crippen LogP contribution in [0.3, 0.4) is 0 Å². The van der Waals surface area contributed by atoms with Gasteiger partial charge >= 0.3 is 0 Å². The highest BCUT2D eigenvalue weighted by Gasteiger charge is 2.16. The van der Waals surface area contributed by atoms with E-state index in [0.29, 0.717) is 20.7 Å². The highest BCUT2D eigenvalue weighted by atomic mass is 79.9. The maximum atomic E-state index is 12.7. The summed E-state index contributed by atoms with van der Waals surface area (Å²) in [6, 6.07) is 11.0. The first kappa shape index (κ1) is 16.9. The van der Waals surface area contributed by atoms with Gasteiger partial charge in [-0.15, -0.1) is 11.3 Å². The second-order valence-electron chi connectivity index (χ2n) is 6.04. The lowest BCUT2D eigenvalue weighted by molar-refractivity contribution is 0.103. The van der Waals surface area contributed by atoms with Crippen LogP contribution in [0.25, 0.3) is 15.9 Å². The molecule has 130 valence electrons. The van der Waals surface area contributed by atoms with Gasteiger partial charge in [0.05, 0.1) is 10.3 Å². The number of benzene rings is 1. The molecular formula is C19H14BrN3O2S. The van der Waals surface area contributed by atoms with Crippen LogP contribution < -0.4 is 10.9 Å². The Kier molecular flexibility index (Phi) is 4.13. The number of fused-ring (bicyclic) bond motifs is 2. The van der Waals surface area contributed by atoms with Gasteiger partial charge in [0.2, 0.25) is 0 Å². The summed E-state index contributed by atoms with van der Waals surface area (Å²) in [5, 5.41) is 3.36. The lowest BCUT2D eigenvalue weighted by atomic mass is 10.2. The summed E-state index contributed by atoms with van der Waals surface area (Å²) >= 11 is 4.64. The van der Waals surface area contributed by atoms with Crippen LogP contribution in [0.4, 0.5) is 5.69 Å². The van der Waals surface area contributed by atoms with Gasteiger partial charge in [-0.2, -0.15) is 0 Å². The smallest absolute Gasteiger partial charge is 0.266 e. The van der Waals surface area contributed by atoms with Gasteiger partial charge < -0.3 is 5.32 Å². The van der Waals surface area contributed by atoms with Gasteiger partial charge in [0.25, 0.3) is 11.5 Å². The van der Waals surface area contributed by atoms with Crippen molar-refractivity contribution < 1.29 is 4.79 Å². The maximum Gasteiger partial charge on any atom is 0.266 e. The van der Waals surface area contributed by atoms with Gasteiger partial charge in [-0.3, -0.25) is 14.0 Å². The van der Waals surface area contributed by atoms with E-state index in [0.717, 1.165) is 21.3 Å². The third-order valence-electron chi connectivity index (χ3n) is 4.19. The number of amides is 1. The fraction of sp³-hybridized carbons (Fsp3) is 0.105. The SMILES string of the molecule is Cc1cc(Br)ccc1NC(=O)c1cc2c(=O)n3cccc(C)c3nc2s1. The zero-order valence-electron chi connectivity index (χ0n) is 14.0. The largest absolute Gasteiger partial charge is 0.321 e. The predicted octanol–water partition coefficient (Wildman–Crippen LogP) is 4.54. The molecule has 1 amide bonds. The molecule has 0 bridgehead atoms. The summed E-state index contributed by atoms with van der Waals surface area (Å²) in [6.07, 6.45) is 1.69. The molecule has 0 saturated heterocycles. The van der Waals surface area contributed by atoms with E-state index in [2.05, 4.69) is 26.2 Å². The first-order chi connectivity index (χ1) is 12.4. The third-order valence-corrected chi connectivity index (χ3v) is 5.71. The minimum Gasteiger partial charge on any atom is -0.321 e. The Morgan fingerprint density at radius 3 is 2.77 bits per heavy atom. The summed E-state index contributed by atoms with van der Waals surface area (Å²) in [4.78, 5) is 31.0. The fourth-order valence-corrected chi connectivity index (χ4v) is 4.21. The molecule has 0 aliphatic carbocycles. The molecule has 0 fully saturated rings.